The van der Waals surface area contributed by atoms with Gasteiger partial charge in [0.2, 0.25) is 5.91 Å². The molecule has 0 aliphatic carbocycles. The van der Waals surface area contributed by atoms with Crippen LogP contribution in [0.5, 0.6) is 11.5 Å². The molecule has 1 N–H and O–H groups in total. The molecule has 19 heavy (non-hydrogen) atoms. The molecule has 0 fully saturated rings. The van der Waals surface area contributed by atoms with Crippen molar-refractivity contribution in [3.8, 4) is 11.5 Å². The Hall–Kier alpha value is -1.71. The number of rotatable bonds is 5. The Morgan fingerprint density at radius 3 is 3.11 bits per heavy atom. The number of fused-ring (bicyclic) bond motifs is 1. The molecular formula is C15H21NO3. The van der Waals surface area contributed by atoms with Crippen molar-refractivity contribution in [2.75, 3.05) is 20.3 Å². The number of carbonyl (C=O) groups is 1. The van der Waals surface area contributed by atoms with Crippen LogP contribution in [0.2, 0.25) is 0 Å². The quantitative estimate of drug-likeness (QED) is 0.887. The minimum atomic E-state index is 0.129. The summed E-state index contributed by atoms with van der Waals surface area (Å²) in [6.07, 6.45) is 2.41. The Morgan fingerprint density at radius 1 is 1.53 bits per heavy atom. The fourth-order valence-corrected chi connectivity index (χ4v) is 2.34. The molecule has 1 aliphatic heterocycles. The van der Waals surface area contributed by atoms with E-state index < -0.39 is 0 Å². The lowest BCUT2D eigenvalue weighted by molar-refractivity contribution is -0.121. The molecule has 104 valence electrons. The van der Waals surface area contributed by atoms with Gasteiger partial charge in [0, 0.05) is 24.9 Å². The number of benzene rings is 1. The van der Waals surface area contributed by atoms with Crippen LogP contribution in [0.25, 0.3) is 0 Å². The third kappa shape index (κ3) is 3.40. The average molecular weight is 263 g/mol. The molecule has 1 aliphatic rings. The van der Waals surface area contributed by atoms with Gasteiger partial charge in [-0.15, -0.1) is 0 Å². The first-order chi connectivity index (χ1) is 9.24. The second-order valence-electron chi connectivity index (χ2n) is 4.79. The van der Waals surface area contributed by atoms with Crippen LogP contribution >= 0.6 is 0 Å². The number of hydrogen-bond donors (Lipinski definition) is 1. The van der Waals surface area contributed by atoms with Gasteiger partial charge in [-0.25, -0.2) is 0 Å². The van der Waals surface area contributed by atoms with Crippen molar-refractivity contribution in [2.45, 2.75) is 32.1 Å². The lowest BCUT2D eigenvalue weighted by Gasteiger charge is -2.26. The van der Waals surface area contributed by atoms with Crippen LogP contribution in [0, 0.1) is 0 Å². The van der Waals surface area contributed by atoms with Gasteiger partial charge >= 0.3 is 0 Å². The largest absolute Gasteiger partial charge is 0.497 e. The summed E-state index contributed by atoms with van der Waals surface area (Å²) in [4.78, 5) is 11.5. The first-order valence-corrected chi connectivity index (χ1v) is 6.82. The highest BCUT2D eigenvalue weighted by atomic mass is 16.5. The maximum Gasteiger partial charge on any atom is 0.220 e. The van der Waals surface area contributed by atoms with Crippen molar-refractivity contribution >= 4 is 5.91 Å². The molecule has 0 saturated carbocycles. The molecule has 4 nitrogen and oxygen atoms in total. The van der Waals surface area contributed by atoms with Gasteiger partial charge in [0.15, 0.2) is 0 Å². The van der Waals surface area contributed by atoms with E-state index in [0.29, 0.717) is 25.5 Å². The number of carbonyl (C=O) groups excluding carboxylic acids is 1. The molecule has 1 aromatic rings. The summed E-state index contributed by atoms with van der Waals surface area (Å²) in [6.45, 7) is 3.38. The Labute approximate surface area is 114 Å². The van der Waals surface area contributed by atoms with Crippen LogP contribution in [0.4, 0.5) is 0 Å². The van der Waals surface area contributed by atoms with Crippen LogP contribution < -0.4 is 14.8 Å². The van der Waals surface area contributed by atoms with Crippen molar-refractivity contribution in [3.63, 3.8) is 0 Å². The monoisotopic (exact) mass is 263 g/mol. The SMILES string of the molecule is CCCC(=O)NCC1CCOc2cc(OC)ccc21. The zero-order valence-corrected chi connectivity index (χ0v) is 11.6. The third-order valence-electron chi connectivity index (χ3n) is 3.41. The second kappa shape index (κ2) is 6.45. The molecule has 0 radical (unpaired) electrons. The Morgan fingerprint density at radius 2 is 2.37 bits per heavy atom. The summed E-state index contributed by atoms with van der Waals surface area (Å²) in [5.41, 5.74) is 1.16. The van der Waals surface area contributed by atoms with Crippen molar-refractivity contribution < 1.29 is 14.3 Å². The predicted molar refractivity (Wildman–Crippen MR) is 73.8 cm³/mol. The maximum atomic E-state index is 11.5. The van der Waals surface area contributed by atoms with Crippen molar-refractivity contribution in [2.24, 2.45) is 0 Å². The van der Waals surface area contributed by atoms with Crippen LogP contribution in [0.3, 0.4) is 0 Å². The fourth-order valence-electron chi connectivity index (χ4n) is 2.34. The molecule has 1 atom stereocenters. The number of ether oxygens (including phenoxy) is 2. The van der Waals surface area contributed by atoms with Gasteiger partial charge in [-0.1, -0.05) is 13.0 Å². The molecule has 0 bridgehead atoms. The average Bonchev–Trinajstić information content (AvgIpc) is 2.44. The number of methoxy groups -OCH3 is 1. The molecule has 1 amide bonds. The third-order valence-corrected chi connectivity index (χ3v) is 3.41. The summed E-state index contributed by atoms with van der Waals surface area (Å²) in [5, 5.41) is 3.00. The first-order valence-electron chi connectivity index (χ1n) is 6.82. The van der Waals surface area contributed by atoms with E-state index in [1.165, 1.54) is 0 Å². The summed E-state index contributed by atoms with van der Waals surface area (Å²) < 4.78 is 10.9. The Kier molecular flexibility index (Phi) is 4.66. The molecule has 1 aromatic carbocycles. The number of nitrogens with one attached hydrogen (secondary N) is 1. The number of amides is 1. The zero-order chi connectivity index (χ0) is 13.7. The maximum absolute atomic E-state index is 11.5. The van der Waals surface area contributed by atoms with E-state index in [4.69, 9.17) is 9.47 Å². The smallest absolute Gasteiger partial charge is 0.220 e. The highest BCUT2D eigenvalue weighted by molar-refractivity contribution is 5.75. The standard InChI is InChI=1S/C15H21NO3/c1-3-4-15(17)16-10-11-7-8-19-14-9-12(18-2)5-6-13(11)14/h5-6,9,11H,3-4,7-8,10H2,1-2H3,(H,16,17). The summed E-state index contributed by atoms with van der Waals surface area (Å²) in [5.74, 6) is 2.13. The van der Waals surface area contributed by atoms with Crippen LogP contribution in [0.15, 0.2) is 18.2 Å². The first kappa shape index (κ1) is 13.7. The predicted octanol–water partition coefficient (Wildman–Crippen LogP) is 2.48. The highest BCUT2D eigenvalue weighted by Crippen LogP contribution is 2.35. The molecule has 4 heteroatoms. The minimum absolute atomic E-state index is 0.129. The van der Waals surface area contributed by atoms with Crippen molar-refractivity contribution in [3.05, 3.63) is 23.8 Å². The van der Waals surface area contributed by atoms with Gasteiger partial charge in [-0.2, -0.15) is 0 Å². The lowest BCUT2D eigenvalue weighted by atomic mass is 9.93. The molecular weight excluding hydrogens is 242 g/mol. The van der Waals surface area contributed by atoms with E-state index in [0.717, 1.165) is 29.9 Å². The van der Waals surface area contributed by atoms with Crippen molar-refractivity contribution in [1.82, 2.24) is 5.32 Å². The van der Waals surface area contributed by atoms with Crippen molar-refractivity contribution in [1.29, 1.82) is 0 Å². The number of hydrogen-bond acceptors (Lipinski definition) is 3. The molecule has 0 spiro atoms. The minimum Gasteiger partial charge on any atom is -0.497 e. The summed E-state index contributed by atoms with van der Waals surface area (Å²) in [7, 11) is 1.65. The van der Waals surface area contributed by atoms with Crippen LogP contribution in [-0.2, 0) is 4.79 Å². The fraction of sp³-hybridized carbons (Fsp3) is 0.533. The normalized spacial score (nSPS) is 17.3. The lowest BCUT2D eigenvalue weighted by Crippen LogP contribution is -2.30. The van der Waals surface area contributed by atoms with Crippen LogP contribution in [-0.4, -0.2) is 26.2 Å². The Bertz CT molecular complexity index is 445. The highest BCUT2D eigenvalue weighted by Gasteiger charge is 2.22. The van der Waals surface area contributed by atoms with E-state index in [-0.39, 0.29) is 5.91 Å². The van der Waals surface area contributed by atoms with Gasteiger partial charge in [0.05, 0.1) is 13.7 Å². The van der Waals surface area contributed by atoms with E-state index in [1.54, 1.807) is 7.11 Å². The summed E-state index contributed by atoms with van der Waals surface area (Å²) in [6, 6.07) is 5.88. The molecule has 0 aromatic heterocycles. The van der Waals surface area contributed by atoms with E-state index in [2.05, 4.69) is 5.32 Å². The van der Waals surface area contributed by atoms with Gasteiger partial charge in [-0.3, -0.25) is 4.79 Å². The summed E-state index contributed by atoms with van der Waals surface area (Å²) >= 11 is 0. The molecule has 2 rings (SSSR count). The van der Waals surface area contributed by atoms with Gasteiger partial charge < -0.3 is 14.8 Å². The topological polar surface area (TPSA) is 47.6 Å². The molecule has 1 heterocycles. The van der Waals surface area contributed by atoms with Gasteiger partial charge in [0.25, 0.3) is 0 Å². The molecule has 0 saturated heterocycles. The molecule has 1 unspecified atom stereocenters. The van der Waals surface area contributed by atoms with Crippen LogP contribution in [0.1, 0.15) is 37.7 Å². The Balaban J connectivity index is 2.03. The second-order valence-corrected chi connectivity index (χ2v) is 4.79. The van der Waals surface area contributed by atoms with Gasteiger partial charge in [-0.05, 0) is 24.5 Å². The zero-order valence-electron chi connectivity index (χ0n) is 11.6. The van der Waals surface area contributed by atoms with E-state index in [9.17, 15) is 4.79 Å². The van der Waals surface area contributed by atoms with Gasteiger partial charge in [0.1, 0.15) is 11.5 Å². The van der Waals surface area contributed by atoms with E-state index in [1.807, 2.05) is 25.1 Å². The van der Waals surface area contributed by atoms with E-state index >= 15 is 0 Å².